The van der Waals surface area contributed by atoms with E-state index in [0.29, 0.717) is 11.0 Å². The highest BCUT2D eigenvalue weighted by Gasteiger charge is 2.12. The highest BCUT2D eigenvalue weighted by molar-refractivity contribution is 7.99. The van der Waals surface area contributed by atoms with Gasteiger partial charge in [0.15, 0.2) is 5.82 Å². The molecule has 0 fully saturated rings. The van der Waals surface area contributed by atoms with Gasteiger partial charge in [0.2, 0.25) is 11.1 Å². The molecular weight excluding hydrogens is 346 g/mol. The van der Waals surface area contributed by atoms with Gasteiger partial charge in [-0.2, -0.15) is 0 Å². The van der Waals surface area contributed by atoms with E-state index in [2.05, 4.69) is 56.7 Å². The second-order valence-electron chi connectivity index (χ2n) is 5.88. The summed E-state index contributed by atoms with van der Waals surface area (Å²) in [7, 11) is 0. The van der Waals surface area contributed by atoms with Crippen molar-refractivity contribution in [2.45, 2.75) is 31.5 Å². The van der Waals surface area contributed by atoms with Crippen LogP contribution in [0, 0.1) is 0 Å². The highest BCUT2D eigenvalue weighted by atomic mass is 32.2. The third-order valence-electron chi connectivity index (χ3n) is 4.02. The molecule has 2 heterocycles. The summed E-state index contributed by atoms with van der Waals surface area (Å²) in [6.45, 7) is 4.11. The van der Waals surface area contributed by atoms with Crippen LogP contribution in [-0.4, -0.2) is 31.8 Å². The molecule has 1 aromatic carbocycles. The van der Waals surface area contributed by atoms with Crippen molar-refractivity contribution in [2.24, 2.45) is 0 Å². The third-order valence-corrected chi connectivity index (χ3v) is 4.86. The largest absolute Gasteiger partial charge is 0.349 e. The number of benzene rings is 1. The number of nitrogens with one attached hydrogen (secondary N) is 2. The van der Waals surface area contributed by atoms with Crippen LogP contribution >= 0.6 is 11.8 Å². The normalized spacial score (nSPS) is 11.9. The van der Waals surface area contributed by atoms with Crippen LogP contribution in [-0.2, 0) is 11.2 Å². The zero-order valence-electron chi connectivity index (χ0n) is 14.8. The number of hydrogen-bond acceptors (Lipinski definition) is 5. The number of amides is 1. The van der Waals surface area contributed by atoms with Gasteiger partial charge in [0.25, 0.3) is 0 Å². The minimum absolute atomic E-state index is 0.0338. The molecule has 3 aromatic rings. The van der Waals surface area contributed by atoms with Crippen molar-refractivity contribution in [1.29, 1.82) is 0 Å². The molecule has 2 aromatic heterocycles. The third kappa shape index (κ3) is 4.70. The van der Waals surface area contributed by atoms with Crippen LogP contribution in [0.5, 0.6) is 0 Å². The van der Waals surface area contributed by atoms with Crippen molar-refractivity contribution >= 4 is 17.7 Å². The van der Waals surface area contributed by atoms with Crippen molar-refractivity contribution in [2.75, 3.05) is 5.75 Å². The van der Waals surface area contributed by atoms with E-state index in [4.69, 9.17) is 0 Å². The maximum atomic E-state index is 12.2. The van der Waals surface area contributed by atoms with Crippen molar-refractivity contribution in [3.8, 4) is 11.4 Å². The molecule has 1 atom stereocenters. The summed E-state index contributed by atoms with van der Waals surface area (Å²) in [5.74, 6) is 0.891. The SMILES string of the molecule is CCc1ccc([C@H](C)NC(=O)CSc2n[nH]c(-c3ccncc3)n2)cc1. The van der Waals surface area contributed by atoms with Gasteiger partial charge in [0.1, 0.15) is 0 Å². The van der Waals surface area contributed by atoms with E-state index in [0.717, 1.165) is 17.5 Å². The number of rotatable bonds is 7. The lowest BCUT2D eigenvalue weighted by atomic mass is 10.1. The van der Waals surface area contributed by atoms with Crippen LogP contribution in [0.4, 0.5) is 0 Å². The van der Waals surface area contributed by atoms with Gasteiger partial charge in [-0.3, -0.25) is 14.9 Å². The smallest absolute Gasteiger partial charge is 0.230 e. The van der Waals surface area contributed by atoms with E-state index < -0.39 is 0 Å². The summed E-state index contributed by atoms with van der Waals surface area (Å²) in [4.78, 5) is 20.6. The maximum absolute atomic E-state index is 12.2. The average molecular weight is 367 g/mol. The molecule has 0 unspecified atom stereocenters. The number of aryl methyl sites for hydroxylation is 1. The Kier molecular flexibility index (Phi) is 6.01. The van der Waals surface area contributed by atoms with Gasteiger partial charge in [-0.05, 0) is 36.6 Å². The number of nitrogens with zero attached hydrogens (tertiary/aromatic N) is 3. The minimum Gasteiger partial charge on any atom is -0.349 e. The molecule has 3 rings (SSSR count). The number of H-pyrrole nitrogens is 1. The monoisotopic (exact) mass is 367 g/mol. The Morgan fingerprint density at radius 2 is 1.92 bits per heavy atom. The summed E-state index contributed by atoms with van der Waals surface area (Å²) >= 11 is 1.31. The molecule has 7 heteroatoms. The van der Waals surface area contributed by atoms with E-state index in [1.807, 2.05) is 19.1 Å². The molecule has 2 N–H and O–H groups in total. The topological polar surface area (TPSA) is 83.6 Å². The predicted molar refractivity (Wildman–Crippen MR) is 103 cm³/mol. The lowest BCUT2D eigenvalue weighted by Gasteiger charge is -2.14. The molecule has 134 valence electrons. The fraction of sp³-hybridized carbons (Fsp3) is 0.263. The predicted octanol–water partition coefficient (Wildman–Crippen LogP) is 3.40. The highest BCUT2D eigenvalue weighted by Crippen LogP contribution is 2.19. The summed E-state index contributed by atoms with van der Waals surface area (Å²) < 4.78 is 0. The molecule has 6 nitrogen and oxygen atoms in total. The number of thioether (sulfide) groups is 1. The van der Waals surface area contributed by atoms with Crippen LogP contribution in [0.25, 0.3) is 11.4 Å². The second-order valence-corrected chi connectivity index (χ2v) is 6.82. The zero-order chi connectivity index (χ0) is 18.4. The summed E-state index contributed by atoms with van der Waals surface area (Å²) in [6.07, 6.45) is 4.41. The Morgan fingerprint density at radius 3 is 2.62 bits per heavy atom. The fourth-order valence-electron chi connectivity index (χ4n) is 2.49. The van der Waals surface area contributed by atoms with Crippen molar-refractivity contribution < 1.29 is 4.79 Å². The van der Waals surface area contributed by atoms with Crippen LogP contribution in [0.3, 0.4) is 0 Å². The van der Waals surface area contributed by atoms with E-state index in [1.165, 1.54) is 17.3 Å². The lowest BCUT2D eigenvalue weighted by Crippen LogP contribution is -2.28. The number of carbonyl (C=O) groups is 1. The average Bonchev–Trinajstić information content (AvgIpc) is 3.16. The first-order valence-electron chi connectivity index (χ1n) is 8.49. The van der Waals surface area contributed by atoms with Crippen molar-refractivity contribution in [3.05, 3.63) is 59.9 Å². The summed E-state index contributed by atoms with van der Waals surface area (Å²) in [5.41, 5.74) is 3.30. The Hall–Kier alpha value is -2.67. The van der Waals surface area contributed by atoms with Gasteiger partial charge < -0.3 is 5.32 Å². The molecule has 0 aliphatic heterocycles. The van der Waals surface area contributed by atoms with Gasteiger partial charge in [-0.15, -0.1) is 5.10 Å². The van der Waals surface area contributed by atoms with E-state index >= 15 is 0 Å². The number of aromatic nitrogens is 4. The first kappa shape index (κ1) is 18.1. The summed E-state index contributed by atoms with van der Waals surface area (Å²) in [5, 5.41) is 10.6. The molecular formula is C19H21N5OS. The molecule has 0 bridgehead atoms. The second kappa shape index (κ2) is 8.62. The van der Waals surface area contributed by atoms with Crippen LogP contribution in [0.15, 0.2) is 53.9 Å². The minimum atomic E-state index is -0.0441. The van der Waals surface area contributed by atoms with Crippen LogP contribution < -0.4 is 5.32 Å². The Balaban J connectivity index is 1.51. The molecule has 0 spiro atoms. The first-order valence-corrected chi connectivity index (χ1v) is 9.48. The molecule has 26 heavy (non-hydrogen) atoms. The van der Waals surface area contributed by atoms with Crippen molar-refractivity contribution in [1.82, 2.24) is 25.5 Å². The Bertz CT molecular complexity index is 848. The molecule has 1 amide bonds. The lowest BCUT2D eigenvalue weighted by molar-refractivity contribution is -0.119. The number of aromatic amines is 1. The summed E-state index contributed by atoms with van der Waals surface area (Å²) in [6, 6.07) is 12.0. The fourth-order valence-corrected chi connectivity index (χ4v) is 3.10. The molecule has 0 saturated carbocycles. The standard InChI is InChI=1S/C19H21N5OS/c1-3-14-4-6-15(7-5-14)13(2)21-17(25)12-26-19-22-18(23-24-19)16-8-10-20-11-9-16/h4-11,13H,3,12H2,1-2H3,(H,21,25)(H,22,23,24)/t13-/m0/s1. The molecule has 0 aliphatic rings. The van der Waals surface area contributed by atoms with E-state index in [9.17, 15) is 4.79 Å². The number of pyridine rings is 1. The Morgan fingerprint density at radius 1 is 1.19 bits per heavy atom. The number of hydrogen-bond donors (Lipinski definition) is 2. The Labute approximate surface area is 156 Å². The van der Waals surface area contributed by atoms with Gasteiger partial charge in [0, 0.05) is 18.0 Å². The van der Waals surface area contributed by atoms with Gasteiger partial charge in [-0.25, -0.2) is 4.98 Å². The molecule has 0 saturated heterocycles. The van der Waals surface area contributed by atoms with Crippen molar-refractivity contribution in [3.63, 3.8) is 0 Å². The van der Waals surface area contributed by atoms with Gasteiger partial charge in [0.05, 0.1) is 11.8 Å². The number of carbonyl (C=O) groups excluding carboxylic acids is 1. The van der Waals surface area contributed by atoms with Gasteiger partial charge in [-0.1, -0.05) is 43.0 Å². The van der Waals surface area contributed by atoms with E-state index in [1.54, 1.807) is 12.4 Å². The molecule has 0 radical (unpaired) electrons. The van der Waals surface area contributed by atoms with Gasteiger partial charge >= 0.3 is 0 Å². The van der Waals surface area contributed by atoms with Crippen LogP contribution in [0.1, 0.15) is 31.0 Å². The quantitative estimate of drug-likeness (QED) is 0.625. The van der Waals surface area contributed by atoms with Crippen LogP contribution in [0.2, 0.25) is 0 Å². The molecule has 0 aliphatic carbocycles. The first-order chi connectivity index (χ1) is 12.7. The maximum Gasteiger partial charge on any atom is 0.230 e. The zero-order valence-corrected chi connectivity index (χ0v) is 15.6. The van der Waals surface area contributed by atoms with E-state index in [-0.39, 0.29) is 17.7 Å².